The van der Waals surface area contributed by atoms with E-state index in [2.05, 4.69) is 10.6 Å². The Morgan fingerprint density at radius 2 is 2.25 bits per heavy atom. The number of nitrogens with two attached hydrogens (primary N) is 1. The number of nitrogens with one attached hydrogen (secondary N) is 2. The number of fused-ring (bicyclic) bond motifs is 1. The summed E-state index contributed by atoms with van der Waals surface area (Å²) in [6.07, 6.45) is 0.137. The van der Waals surface area contributed by atoms with Crippen molar-refractivity contribution in [3.63, 3.8) is 0 Å². The second-order valence-electron chi connectivity index (χ2n) is 4.08. The van der Waals surface area contributed by atoms with Crippen molar-refractivity contribution in [2.24, 2.45) is 5.73 Å². The van der Waals surface area contributed by atoms with Crippen molar-refractivity contribution in [3.05, 3.63) is 23.2 Å². The molecule has 1 aliphatic heterocycles. The maximum atomic E-state index is 11.9. The number of benzene rings is 1. The Morgan fingerprint density at radius 1 is 1.50 bits per heavy atom. The monoisotopic (exact) mass is 335 g/mol. The van der Waals surface area contributed by atoms with Gasteiger partial charge in [0.2, 0.25) is 11.8 Å². The fraction of sp³-hybridized carbons (Fsp3) is 0.333. The smallest absolute Gasteiger partial charge is 0.238 e. The average molecular weight is 336 g/mol. The first-order chi connectivity index (χ1) is 9.10. The molecular weight excluding hydrogens is 321 g/mol. The minimum atomic E-state index is -0.425. The number of amides is 2. The second kappa shape index (κ2) is 7.73. The normalized spacial score (nSPS) is 16.7. The molecule has 0 saturated carbocycles. The summed E-state index contributed by atoms with van der Waals surface area (Å²) in [4.78, 5) is 24.4. The molecule has 0 aromatic heterocycles. The van der Waals surface area contributed by atoms with Crippen LogP contribution in [0.25, 0.3) is 0 Å². The maximum Gasteiger partial charge on any atom is 0.238 e. The number of halogens is 2. The van der Waals surface area contributed by atoms with Gasteiger partial charge in [-0.25, -0.2) is 0 Å². The molecule has 1 aromatic rings. The summed E-state index contributed by atoms with van der Waals surface area (Å²) in [5, 5.41) is 5.56. The van der Waals surface area contributed by atoms with E-state index in [9.17, 15) is 9.59 Å². The molecule has 0 fully saturated rings. The van der Waals surface area contributed by atoms with Gasteiger partial charge in [-0.15, -0.1) is 24.2 Å². The van der Waals surface area contributed by atoms with Crippen molar-refractivity contribution in [3.8, 4) is 0 Å². The van der Waals surface area contributed by atoms with Gasteiger partial charge in [-0.3, -0.25) is 9.59 Å². The lowest BCUT2D eigenvalue weighted by atomic mass is 10.2. The van der Waals surface area contributed by atoms with Crippen LogP contribution in [0.15, 0.2) is 23.1 Å². The SMILES string of the molecule is Cl.NCCNC(=O)CC1Sc2ccc(Cl)cc2NC1=O. The number of carbonyl (C=O) groups excluding carboxylic acids is 2. The molecule has 0 bridgehead atoms. The zero-order chi connectivity index (χ0) is 13.8. The van der Waals surface area contributed by atoms with E-state index >= 15 is 0 Å². The van der Waals surface area contributed by atoms with Crippen molar-refractivity contribution in [2.45, 2.75) is 16.6 Å². The van der Waals surface area contributed by atoms with Crippen LogP contribution in [0.4, 0.5) is 5.69 Å². The van der Waals surface area contributed by atoms with Crippen LogP contribution in [0.2, 0.25) is 5.02 Å². The summed E-state index contributed by atoms with van der Waals surface area (Å²) in [6, 6.07) is 5.30. The molecule has 1 aliphatic rings. The predicted molar refractivity (Wildman–Crippen MR) is 83.7 cm³/mol. The zero-order valence-electron chi connectivity index (χ0n) is 10.5. The van der Waals surface area contributed by atoms with Crippen LogP contribution in [-0.4, -0.2) is 30.2 Å². The Hall–Kier alpha value is -0.950. The highest BCUT2D eigenvalue weighted by molar-refractivity contribution is 8.01. The number of anilines is 1. The Morgan fingerprint density at radius 3 is 2.95 bits per heavy atom. The predicted octanol–water partition coefficient (Wildman–Crippen LogP) is 1.64. The van der Waals surface area contributed by atoms with Gasteiger partial charge in [-0.1, -0.05) is 11.6 Å². The Labute approximate surface area is 132 Å². The number of hydrogen-bond acceptors (Lipinski definition) is 4. The summed E-state index contributed by atoms with van der Waals surface area (Å²) in [5.41, 5.74) is 6.00. The standard InChI is InChI=1S/C12H14ClN3O2S.ClH/c13-7-1-2-9-8(5-7)16-12(18)10(19-9)6-11(17)15-4-3-14;/h1-2,5,10H,3-4,6,14H2,(H,15,17)(H,16,18);1H. The number of rotatable bonds is 4. The Kier molecular flexibility index (Phi) is 6.61. The van der Waals surface area contributed by atoms with Crippen LogP contribution in [0, 0.1) is 0 Å². The zero-order valence-corrected chi connectivity index (χ0v) is 12.9. The summed E-state index contributed by atoms with van der Waals surface area (Å²) in [7, 11) is 0. The molecule has 4 N–H and O–H groups in total. The van der Waals surface area contributed by atoms with Crippen LogP contribution in [0.5, 0.6) is 0 Å². The molecule has 2 amide bonds. The van der Waals surface area contributed by atoms with Crippen molar-refractivity contribution in [1.82, 2.24) is 5.32 Å². The van der Waals surface area contributed by atoms with Crippen LogP contribution in [0.1, 0.15) is 6.42 Å². The topological polar surface area (TPSA) is 84.2 Å². The first kappa shape index (κ1) is 17.1. The first-order valence-corrected chi connectivity index (χ1v) is 7.09. The molecule has 5 nitrogen and oxygen atoms in total. The summed E-state index contributed by atoms with van der Waals surface area (Å²) in [6.45, 7) is 0.807. The van der Waals surface area contributed by atoms with Crippen molar-refractivity contribution >= 4 is 53.3 Å². The van der Waals surface area contributed by atoms with E-state index in [1.54, 1.807) is 12.1 Å². The molecular formula is C12H15Cl2N3O2S. The van der Waals surface area contributed by atoms with Crippen molar-refractivity contribution in [2.75, 3.05) is 18.4 Å². The van der Waals surface area contributed by atoms with Gasteiger partial charge >= 0.3 is 0 Å². The minimum Gasteiger partial charge on any atom is -0.355 e. The molecule has 1 unspecified atom stereocenters. The lowest BCUT2D eigenvalue weighted by Gasteiger charge is -2.23. The lowest BCUT2D eigenvalue weighted by Crippen LogP contribution is -2.36. The van der Waals surface area contributed by atoms with E-state index < -0.39 is 5.25 Å². The molecule has 0 aliphatic carbocycles. The Bertz CT molecular complexity index is 513. The molecule has 1 atom stereocenters. The van der Waals surface area contributed by atoms with Crippen molar-refractivity contribution < 1.29 is 9.59 Å². The fourth-order valence-electron chi connectivity index (χ4n) is 1.71. The van der Waals surface area contributed by atoms with Crippen LogP contribution in [0.3, 0.4) is 0 Å². The molecule has 8 heteroatoms. The molecule has 0 spiro atoms. The van der Waals surface area contributed by atoms with Gasteiger partial charge in [0.15, 0.2) is 0 Å². The van der Waals surface area contributed by atoms with E-state index in [-0.39, 0.29) is 30.6 Å². The third-order valence-electron chi connectivity index (χ3n) is 2.60. The largest absolute Gasteiger partial charge is 0.355 e. The van der Waals surface area contributed by atoms with Crippen LogP contribution >= 0.6 is 35.8 Å². The highest BCUT2D eigenvalue weighted by atomic mass is 35.5. The summed E-state index contributed by atoms with van der Waals surface area (Å²) >= 11 is 7.24. The summed E-state index contributed by atoms with van der Waals surface area (Å²) in [5.74, 6) is -0.349. The van der Waals surface area contributed by atoms with Gasteiger partial charge in [-0.05, 0) is 18.2 Å². The minimum absolute atomic E-state index is 0. The fourth-order valence-corrected chi connectivity index (χ4v) is 2.97. The third kappa shape index (κ3) is 4.28. The molecule has 0 saturated heterocycles. The highest BCUT2D eigenvalue weighted by Gasteiger charge is 2.28. The second-order valence-corrected chi connectivity index (χ2v) is 5.76. The van der Waals surface area contributed by atoms with Crippen LogP contribution in [-0.2, 0) is 9.59 Å². The molecule has 0 radical (unpaired) electrons. The molecule has 1 heterocycles. The van der Waals surface area contributed by atoms with Gasteiger partial charge in [0.25, 0.3) is 0 Å². The van der Waals surface area contributed by atoms with Gasteiger partial charge < -0.3 is 16.4 Å². The van der Waals surface area contributed by atoms with E-state index in [1.165, 1.54) is 11.8 Å². The van der Waals surface area contributed by atoms with Crippen molar-refractivity contribution in [1.29, 1.82) is 0 Å². The van der Waals surface area contributed by atoms with E-state index in [0.717, 1.165) is 4.90 Å². The molecule has 2 rings (SSSR count). The number of carbonyl (C=O) groups is 2. The molecule has 1 aromatic carbocycles. The maximum absolute atomic E-state index is 11.9. The van der Waals surface area contributed by atoms with Gasteiger partial charge in [-0.2, -0.15) is 0 Å². The van der Waals surface area contributed by atoms with Gasteiger partial charge in [0.1, 0.15) is 0 Å². The van der Waals surface area contributed by atoms with Gasteiger partial charge in [0.05, 0.1) is 10.9 Å². The lowest BCUT2D eigenvalue weighted by molar-refractivity contribution is -0.124. The average Bonchev–Trinajstić information content (AvgIpc) is 2.37. The number of hydrogen-bond donors (Lipinski definition) is 3. The van der Waals surface area contributed by atoms with E-state index in [4.69, 9.17) is 17.3 Å². The van der Waals surface area contributed by atoms with E-state index in [0.29, 0.717) is 23.8 Å². The highest BCUT2D eigenvalue weighted by Crippen LogP contribution is 2.38. The summed E-state index contributed by atoms with van der Waals surface area (Å²) < 4.78 is 0. The van der Waals surface area contributed by atoms with Gasteiger partial charge in [0, 0.05) is 29.4 Å². The van der Waals surface area contributed by atoms with Crippen LogP contribution < -0.4 is 16.4 Å². The molecule has 20 heavy (non-hydrogen) atoms. The quantitative estimate of drug-likeness (QED) is 0.780. The third-order valence-corrected chi connectivity index (χ3v) is 4.11. The Balaban J connectivity index is 0.00000200. The first-order valence-electron chi connectivity index (χ1n) is 5.84. The number of thioether (sulfide) groups is 1. The molecule has 110 valence electrons. The van der Waals surface area contributed by atoms with E-state index in [1.807, 2.05) is 6.07 Å².